The Hall–Kier alpha value is -2.57. The van der Waals surface area contributed by atoms with Crippen LogP contribution in [0.1, 0.15) is 19.3 Å². The lowest BCUT2D eigenvalue weighted by Crippen LogP contribution is -2.45. The van der Waals surface area contributed by atoms with Crippen LogP contribution in [0.2, 0.25) is 0 Å². The van der Waals surface area contributed by atoms with Crippen molar-refractivity contribution in [2.24, 2.45) is 0 Å². The number of morpholine rings is 1. The van der Waals surface area contributed by atoms with Crippen LogP contribution in [0.5, 0.6) is 11.5 Å². The minimum absolute atomic E-state index is 0.0574. The van der Waals surface area contributed by atoms with Gasteiger partial charge < -0.3 is 9.47 Å². The van der Waals surface area contributed by atoms with Gasteiger partial charge in [0.2, 0.25) is 10.0 Å². The molecular weight excluding hydrogens is 453 g/mol. The molecule has 1 fully saturated rings. The number of carbonyl (C=O) groups excluding carboxylic acids is 1. The van der Waals surface area contributed by atoms with E-state index in [9.17, 15) is 17.6 Å². The molecule has 1 heterocycles. The van der Waals surface area contributed by atoms with Gasteiger partial charge in [0, 0.05) is 13.1 Å². The number of rotatable bonds is 11. The molecule has 33 heavy (non-hydrogen) atoms. The summed E-state index contributed by atoms with van der Waals surface area (Å²) in [5.74, 6) is -0.436. The SMILES string of the molecule is O=C(NO)[C@@H](CCCCN1CCOCC1)NS(=O)(=O)c1ccc(Oc2ccc(F)cc2)cc1. The number of sulfonamides is 1. The number of carbonyl (C=O) groups is 1. The third-order valence-corrected chi connectivity index (χ3v) is 6.72. The minimum Gasteiger partial charge on any atom is -0.457 e. The first-order valence-corrected chi connectivity index (χ1v) is 12.2. The van der Waals surface area contributed by atoms with Crippen LogP contribution in [0.25, 0.3) is 0 Å². The maximum atomic E-state index is 13.0. The van der Waals surface area contributed by atoms with Crippen LogP contribution in [0, 0.1) is 5.82 Å². The molecule has 0 spiro atoms. The van der Waals surface area contributed by atoms with Gasteiger partial charge in [0.1, 0.15) is 23.4 Å². The Kier molecular flexibility index (Phi) is 9.15. The zero-order chi connectivity index (χ0) is 23.7. The highest BCUT2D eigenvalue weighted by Gasteiger charge is 2.25. The van der Waals surface area contributed by atoms with Gasteiger partial charge in [-0.05, 0) is 67.9 Å². The van der Waals surface area contributed by atoms with E-state index in [0.717, 1.165) is 26.1 Å². The fourth-order valence-electron chi connectivity index (χ4n) is 3.41. The van der Waals surface area contributed by atoms with Gasteiger partial charge in [-0.25, -0.2) is 18.3 Å². The molecule has 9 nitrogen and oxygen atoms in total. The van der Waals surface area contributed by atoms with E-state index >= 15 is 0 Å². The summed E-state index contributed by atoms with van der Waals surface area (Å²) < 4.78 is 51.8. The van der Waals surface area contributed by atoms with Crippen molar-refractivity contribution in [3.63, 3.8) is 0 Å². The third kappa shape index (κ3) is 7.76. The van der Waals surface area contributed by atoms with Crippen LogP contribution in [-0.4, -0.2) is 63.3 Å². The lowest BCUT2D eigenvalue weighted by atomic mass is 10.1. The lowest BCUT2D eigenvalue weighted by molar-refractivity contribution is -0.131. The van der Waals surface area contributed by atoms with Gasteiger partial charge in [-0.3, -0.25) is 14.9 Å². The Morgan fingerprint density at radius 2 is 1.67 bits per heavy atom. The maximum absolute atomic E-state index is 13.0. The van der Waals surface area contributed by atoms with Crippen molar-refractivity contribution >= 4 is 15.9 Å². The number of halogens is 1. The number of hydroxylamine groups is 1. The molecule has 0 saturated carbocycles. The maximum Gasteiger partial charge on any atom is 0.261 e. The van der Waals surface area contributed by atoms with Crippen molar-refractivity contribution in [3.05, 3.63) is 54.3 Å². The molecule has 0 aromatic heterocycles. The van der Waals surface area contributed by atoms with Gasteiger partial charge in [-0.1, -0.05) is 6.42 Å². The fourth-order valence-corrected chi connectivity index (χ4v) is 4.64. The Labute approximate surface area is 192 Å². The molecule has 1 aliphatic heterocycles. The molecule has 3 rings (SSSR count). The van der Waals surface area contributed by atoms with Gasteiger partial charge in [-0.2, -0.15) is 4.72 Å². The Bertz CT molecular complexity index is 996. The molecule has 2 aromatic rings. The number of unbranched alkanes of at least 4 members (excludes halogenated alkanes) is 1. The molecule has 2 aromatic carbocycles. The largest absolute Gasteiger partial charge is 0.457 e. The number of nitrogens with one attached hydrogen (secondary N) is 2. The van der Waals surface area contributed by atoms with Crippen molar-refractivity contribution in [3.8, 4) is 11.5 Å². The quantitative estimate of drug-likeness (QED) is 0.256. The number of benzene rings is 2. The van der Waals surface area contributed by atoms with Crippen molar-refractivity contribution in [2.75, 3.05) is 32.8 Å². The van der Waals surface area contributed by atoms with Crippen LogP contribution in [0.4, 0.5) is 4.39 Å². The zero-order valence-electron chi connectivity index (χ0n) is 18.1. The molecule has 3 N–H and O–H groups in total. The minimum atomic E-state index is -4.02. The van der Waals surface area contributed by atoms with E-state index in [-0.39, 0.29) is 11.3 Å². The molecule has 1 atom stereocenters. The number of nitrogens with zero attached hydrogens (tertiary/aromatic N) is 1. The summed E-state index contributed by atoms with van der Waals surface area (Å²) in [6, 6.07) is 9.91. The highest BCUT2D eigenvalue weighted by molar-refractivity contribution is 7.89. The van der Waals surface area contributed by atoms with Crippen LogP contribution in [-0.2, 0) is 19.6 Å². The average Bonchev–Trinajstić information content (AvgIpc) is 2.83. The molecule has 1 amide bonds. The molecule has 1 saturated heterocycles. The second-order valence-corrected chi connectivity index (χ2v) is 9.34. The Morgan fingerprint density at radius 1 is 1.06 bits per heavy atom. The van der Waals surface area contributed by atoms with Gasteiger partial charge in [0.05, 0.1) is 18.1 Å². The van der Waals surface area contributed by atoms with Crippen molar-refractivity contribution in [1.29, 1.82) is 0 Å². The topological polar surface area (TPSA) is 117 Å². The summed E-state index contributed by atoms with van der Waals surface area (Å²) in [4.78, 5) is 14.2. The van der Waals surface area contributed by atoms with Crippen molar-refractivity contribution < 1.29 is 32.3 Å². The van der Waals surface area contributed by atoms with Crippen molar-refractivity contribution in [1.82, 2.24) is 15.1 Å². The van der Waals surface area contributed by atoms with Gasteiger partial charge in [0.15, 0.2) is 0 Å². The predicted molar refractivity (Wildman–Crippen MR) is 118 cm³/mol. The Morgan fingerprint density at radius 3 is 2.27 bits per heavy atom. The van der Waals surface area contributed by atoms with Crippen molar-refractivity contribution in [2.45, 2.75) is 30.2 Å². The van der Waals surface area contributed by atoms with E-state index in [1.807, 2.05) is 0 Å². The summed E-state index contributed by atoms with van der Waals surface area (Å²) >= 11 is 0. The summed E-state index contributed by atoms with van der Waals surface area (Å²) in [5, 5.41) is 9.03. The first-order chi connectivity index (χ1) is 15.9. The number of hydrogen-bond acceptors (Lipinski definition) is 7. The standard InChI is InChI=1S/C22H28FN3O6S/c23-17-4-6-18(7-5-17)32-19-8-10-20(11-9-19)33(29,30)25-21(22(27)24-28)3-1-2-12-26-13-15-31-16-14-26/h4-11,21,25,28H,1-3,12-16H2,(H,24,27)/t21-/m1/s1. The van der Waals surface area contributed by atoms with Gasteiger partial charge in [0.25, 0.3) is 5.91 Å². The van der Waals surface area contributed by atoms with Gasteiger partial charge >= 0.3 is 0 Å². The summed E-state index contributed by atoms with van der Waals surface area (Å²) in [5.41, 5.74) is 1.53. The van der Waals surface area contributed by atoms with Crippen LogP contribution < -0.4 is 14.9 Å². The normalized spacial score (nSPS) is 15.7. The zero-order valence-corrected chi connectivity index (χ0v) is 18.9. The highest BCUT2D eigenvalue weighted by atomic mass is 32.2. The van der Waals surface area contributed by atoms with E-state index < -0.39 is 27.8 Å². The monoisotopic (exact) mass is 481 g/mol. The fraction of sp³-hybridized carbons (Fsp3) is 0.409. The molecule has 180 valence electrons. The third-order valence-electron chi connectivity index (χ3n) is 5.23. The summed E-state index contributed by atoms with van der Waals surface area (Å²) in [6.45, 7) is 3.94. The molecule has 1 aliphatic rings. The van der Waals surface area contributed by atoms with E-state index in [1.165, 1.54) is 54.0 Å². The molecule has 0 bridgehead atoms. The number of amides is 1. The highest BCUT2D eigenvalue weighted by Crippen LogP contribution is 2.23. The first-order valence-electron chi connectivity index (χ1n) is 10.7. The van der Waals surface area contributed by atoms with Crippen LogP contribution in [0.15, 0.2) is 53.4 Å². The first kappa shape index (κ1) is 25.1. The second kappa shape index (κ2) is 12.1. The molecule has 0 radical (unpaired) electrons. The average molecular weight is 482 g/mol. The lowest BCUT2D eigenvalue weighted by Gasteiger charge is -2.26. The molecular formula is C22H28FN3O6S. The van der Waals surface area contributed by atoms with Gasteiger partial charge in [-0.15, -0.1) is 0 Å². The number of hydrogen-bond donors (Lipinski definition) is 3. The summed E-state index contributed by atoms with van der Waals surface area (Å²) in [6.07, 6.45) is 1.62. The predicted octanol–water partition coefficient (Wildman–Crippen LogP) is 2.27. The van der Waals surface area contributed by atoms with E-state index in [2.05, 4.69) is 9.62 Å². The second-order valence-electron chi connectivity index (χ2n) is 7.63. The summed E-state index contributed by atoms with van der Waals surface area (Å²) in [7, 11) is -4.02. The van der Waals surface area contributed by atoms with E-state index in [1.54, 1.807) is 0 Å². The Balaban J connectivity index is 1.56. The molecule has 0 unspecified atom stereocenters. The smallest absolute Gasteiger partial charge is 0.261 e. The number of ether oxygens (including phenoxy) is 2. The van der Waals surface area contributed by atoms with Crippen LogP contribution >= 0.6 is 0 Å². The van der Waals surface area contributed by atoms with E-state index in [4.69, 9.17) is 14.7 Å². The molecule has 11 heteroatoms. The van der Waals surface area contributed by atoms with E-state index in [0.29, 0.717) is 31.1 Å². The van der Waals surface area contributed by atoms with Crippen LogP contribution in [0.3, 0.4) is 0 Å². The molecule has 0 aliphatic carbocycles.